The summed E-state index contributed by atoms with van der Waals surface area (Å²) in [5.74, 6) is 0.278. The number of carbonyl (C=O) groups is 1. The highest BCUT2D eigenvalue weighted by Gasteiger charge is 2.24. The molecule has 0 amide bonds. The molecule has 6 heteroatoms. The van der Waals surface area contributed by atoms with Crippen LogP contribution in [0.3, 0.4) is 0 Å². The van der Waals surface area contributed by atoms with Crippen LogP contribution < -0.4 is 4.74 Å². The second kappa shape index (κ2) is 7.51. The number of aliphatic hydroxyl groups is 1. The van der Waals surface area contributed by atoms with Gasteiger partial charge in [-0.15, -0.1) is 11.8 Å². The zero-order valence-corrected chi connectivity index (χ0v) is 13.7. The Hall–Kier alpha value is -2.31. The summed E-state index contributed by atoms with van der Waals surface area (Å²) in [7, 11) is 0. The maximum atomic E-state index is 10.9. The molecule has 0 saturated heterocycles. The Labute approximate surface area is 144 Å². The van der Waals surface area contributed by atoms with E-state index in [1.807, 2.05) is 48.5 Å². The number of carboxylic acid groups (broad SMARTS) is 1. The normalized spacial score (nSPS) is 16.7. The first kappa shape index (κ1) is 16.5. The fraction of sp³-hybridized carbons (Fsp3) is 0.222. The van der Waals surface area contributed by atoms with E-state index < -0.39 is 12.0 Å². The lowest BCUT2D eigenvalue weighted by molar-refractivity contribution is -0.137. The standard InChI is InChI=1S/C18H17NO4S/c20-9-12-2-1-3-14(8-12)13-4-6-15(7-5-13)23-10-17-19-16(11-24-17)18(21)22/h1-8,16,20H,9-11H2,(H,21,22). The van der Waals surface area contributed by atoms with E-state index >= 15 is 0 Å². The van der Waals surface area contributed by atoms with Crippen LogP contribution in [0.5, 0.6) is 5.75 Å². The molecule has 0 fully saturated rings. The molecule has 2 N–H and O–H groups in total. The number of benzene rings is 2. The van der Waals surface area contributed by atoms with E-state index in [4.69, 9.17) is 9.84 Å². The van der Waals surface area contributed by atoms with Crippen molar-refractivity contribution in [1.29, 1.82) is 0 Å². The Morgan fingerprint density at radius 2 is 2.00 bits per heavy atom. The first-order valence-electron chi connectivity index (χ1n) is 7.51. The molecule has 24 heavy (non-hydrogen) atoms. The van der Waals surface area contributed by atoms with E-state index in [2.05, 4.69) is 4.99 Å². The highest BCUT2D eigenvalue weighted by Crippen LogP contribution is 2.24. The largest absolute Gasteiger partial charge is 0.487 e. The predicted octanol–water partition coefficient (Wildman–Crippen LogP) is 2.82. The van der Waals surface area contributed by atoms with Crippen molar-refractivity contribution < 1.29 is 19.7 Å². The summed E-state index contributed by atoms with van der Waals surface area (Å²) in [5.41, 5.74) is 2.95. The van der Waals surface area contributed by atoms with E-state index in [0.29, 0.717) is 16.5 Å². The van der Waals surface area contributed by atoms with Crippen LogP contribution in [0, 0.1) is 0 Å². The molecular weight excluding hydrogens is 326 g/mol. The summed E-state index contributed by atoms with van der Waals surface area (Å²) in [6, 6.07) is 14.7. The molecule has 1 aliphatic rings. The van der Waals surface area contributed by atoms with Crippen LogP contribution in [-0.2, 0) is 11.4 Å². The van der Waals surface area contributed by atoms with Gasteiger partial charge in [0.05, 0.1) is 6.61 Å². The number of nitrogens with zero attached hydrogens (tertiary/aromatic N) is 1. The maximum absolute atomic E-state index is 10.9. The van der Waals surface area contributed by atoms with Crippen molar-refractivity contribution >= 4 is 22.8 Å². The number of carboxylic acids is 1. The molecule has 1 heterocycles. The number of rotatable bonds is 6. The Balaban J connectivity index is 1.63. The number of aliphatic imine (C=N–C) groups is 1. The van der Waals surface area contributed by atoms with Crippen LogP contribution in [-0.4, -0.2) is 39.6 Å². The summed E-state index contributed by atoms with van der Waals surface area (Å²) < 4.78 is 5.67. The molecule has 5 nitrogen and oxygen atoms in total. The number of aliphatic hydroxyl groups excluding tert-OH is 1. The van der Waals surface area contributed by atoms with Crippen LogP contribution in [0.1, 0.15) is 5.56 Å². The van der Waals surface area contributed by atoms with Crippen molar-refractivity contribution in [3.8, 4) is 16.9 Å². The lowest BCUT2D eigenvalue weighted by Crippen LogP contribution is -2.17. The Morgan fingerprint density at radius 3 is 2.67 bits per heavy atom. The fourth-order valence-corrected chi connectivity index (χ4v) is 3.28. The minimum Gasteiger partial charge on any atom is -0.487 e. The molecule has 0 spiro atoms. The Morgan fingerprint density at radius 1 is 1.21 bits per heavy atom. The van der Waals surface area contributed by atoms with Crippen molar-refractivity contribution in [1.82, 2.24) is 0 Å². The minimum absolute atomic E-state index is 0.0200. The lowest BCUT2D eigenvalue weighted by Gasteiger charge is -2.08. The van der Waals surface area contributed by atoms with Crippen LogP contribution in [0.2, 0.25) is 0 Å². The van der Waals surface area contributed by atoms with Crippen molar-refractivity contribution in [2.45, 2.75) is 12.6 Å². The van der Waals surface area contributed by atoms with Gasteiger partial charge in [0, 0.05) is 5.75 Å². The lowest BCUT2D eigenvalue weighted by atomic mass is 10.0. The molecule has 1 atom stereocenters. The van der Waals surface area contributed by atoms with Crippen molar-refractivity contribution in [2.24, 2.45) is 4.99 Å². The number of ether oxygens (including phenoxy) is 1. The zero-order valence-electron chi connectivity index (χ0n) is 12.9. The van der Waals surface area contributed by atoms with Gasteiger partial charge in [-0.2, -0.15) is 0 Å². The molecule has 2 aromatic rings. The third-order valence-electron chi connectivity index (χ3n) is 3.65. The summed E-state index contributed by atoms with van der Waals surface area (Å²) in [4.78, 5) is 15.0. The summed E-state index contributed by atoms with van der Waals surface area (Å²) >= 11 is 1.42. The topological polar surface area (TPSA) is 79.1 Å². The maximum Gasteiger partial charge on any atom is 0.329 e. The number of aliphatic carboxylic acids is 1. The predicted molar refractivity (Wildman–Crippen MR) is 94.6 cm³/mol. The molecule has 1 aliphatic heterocycles. The average molecular weight is 343 g/mol. The molecule has 124 valence electrons. The Kier molecular flexibility index (Phi) is 5.17. The highest BCUT2D eigenvalue weighted by atomic mass is 32.2. The smallest absolute Gasteiger partial charge is 0.329 e. The van der Waals surface area contributed by atoms with E-state index in [0.717, 1.165) is 16.7 Å². The average Bonchev–Trinajstić information content (AvgIpc) is 3.10. The van der Waals surface area contributed by atoms with Gasteiger partial charge in [-0.3, -0.25) is 4.99 Å². The van der Waals surface area contributed by atoms with Crippen molar-refractivity contribution in [3.63, 3.8) is 0 Å². The quantitative estimate of drug-likeness (QED) is 0.843. The summed E-state index contributed by atoms with van der Waals surface area (Å²) in [6.07, 6.45) is 0. The molecule has 0 aromatic heterocycles. The fourth-order valence-electron chi connectivity index (χ4n) is 2.37. The number of thioether (sulfide) groups is 1. The van der Waals surface area contributed by atoms with E-state index in [9.17, 15) is 9.90 Å². The van der Waals surface area contributed by atoms with Crippen LogP contribution in [0.15, 0.2) is 53.5 Å². The molecule has 0 saturated carbocycles. The summed E-state index contributed by atoms with van der Waals surface area (Å²) in [6.45, 7) is 0.305. The zero-order chi connectivity index (χ0) is 16.9. The van der Waals surface area contributed by atoms with Gasteiger partial charge in [-0.05, 0) is 34.9 Å². The van der Waals surface area contributed by atoms with Crippen molar-refractivity contribution in [3.05, 3.63) is 54.1 Å². The van der Waals surface area contributed by atoms with Gasteiger partial charge in [-0.25, -0.2) is 4.79 Å². The van der Waals surface area contributed by atoms with Gasteiger partial charge in [0.2, 0.25) is 0 Å². The second-order valence-electron chi connectivity index (χ2n) is 5.36. The molecular formula is C18H17NO4S. The number of hydrogen-bond donors (Lipinski definition) is 2. The van der Waals surface area contributed by atoms with Gasteiger partial charge in [0.25, 0.3) is 0 Å². The Bertz CT molecular complexity index is 758. The van der Waals surface area contributed by atoms with Crippen molar-refractivity contribution in [2.75, 3.05) is 12.4 Å². The summed E-state index contributed by atoms with van der Waals surface area (Å²) in [5, 5.41) is 18.8. The molecule has 0 bridgehead atoms. The van der Waals surface area contributed by atoms with Gasteiger partial charge < -0.3 is 14.9 Å². The van der Waals surface area contributed by atoms with Crippen LogP contribution in [0.4, 0.5) is 0 Å². The monoisotopic (exact) mass is 343 g/mol. The third-order valence-corrected chi connectivity index (χ3v) is 4.69. The highest BCUT2D eigenvalue weighted by molar-refractivity contribution is 8.14. The molecule has 0 radical (unpaired) electrons. The molecule has 0 aliphatic carbocycles. The van der Waals surface area contributed by atoms with Crippen LogP contribution >= 0.6 is 11.8 Å². The van der Waals surface area contributed by atoms with Gasteiger partial charge in [0.15, 0.2) is 6.04 Å². The van der Waals surface area contributed by atoms with Gasteiger partial charge in [-0.1, -0.05) is 30.3 Å². The minimum atomic E-state index is -0.896. The number of hydrogen-bond acceptors (Lipinski definition) is 5. The third kappa shape index (κ3) is 3.96. The molecule has 1 unspecified atom stereocenters. The SMILES string of the molecule is O=C(O)C1CSC(COc2ccc(-c3cccc(CO)c3)cc2)=N1. The first-order valence-corrected chi connectivity index (χ1v) is 8.49. The van der Waals surface area contributed by atoms with Crippen LogP contribution in [0.25, 0.3) is 11.1 Å². The molecule has 2 aromatic carbocycles. The molecule has 3 rings (SSSR count). The van der Waals surface area contributed by atoms with E-state index in [1.165, 1.54) is 11.8 Å². The second-order valence-corrected chi connectivity index (χ2v) is 6.45. The van der Waals surface area contributed by atoms with E-state index in [-0.39, 0.29) is 13.2 Å². The van der Waals surface area contributed by atoms with Gasteiger partial charge in [0.1, 0.15) is 17.4 Å². The van der Waals surface area contributed by atoms with Gasteiger partial charge >= 0.3 is 5.97 Å². The first-order chi connectivity index (χ1) is 11.7. The van der Waals surface area contributed by atoms with E-state index in [1.54, 1.807) is 0 Å².